The highest BCUT2D eigenvalue weighted by atomic mass is 19.1. The second-order valence-corrected chi connectivity index (χ2v) is 5.04. The molecule has 0 saturated carbocycles. The van der Waals surface area contributed by atoms with Crippen LogP contribution in [-0.4, -0.2) is 24.5 Å². The van der Waals surface area contributed by atoms with Crippen molar-refractivity contribution in [3.05, 3.63) is 35.1 Å². The van der Waals surface area contributed by atoms with Gasteiger partial charge in [-0.2, -0.15) is 0 Å². The molecule has 1 aromatic carbocycles. The summed E-state index contributed by atoms with van der Waals surface area (Å²) in [5.74, 6) is -0.784. The van der Waals surface area contributed by atoms with Crippen LogP contribution in [0.1, 0.15) is 35.7 Å². The van der Waals surface area contributed by atoms with Crippen molar-refractivity contribution in [2.45, 2.75) is 38.8 Å². The first-order valence-electron chi connectivity index (χ1n) is 6.36. The van der Waals surface area contributed by atoms with Crippen molar-refractivity contribution in [1.82, 2.24) is 10.6 Å². The third-order valence-electron chi connectivity index (χ3n) is 3.36. The second kappa shape index (κ2) is 5.48. The Morgan fingerprint density at radius 1 is 1.44 bits per heavy atom. The Morgan fingerprint density at radius 3 is 2.89 bits per heavy atom. The SMILES string of the molecule is Cc1ccc(F)c(C(=O)NC2CCC(C)NC2)c1. The lowest BCUT2D eigenvalue weighted by molar-refractivity contribution is 0.0923. The minimum absolute atomic E-state index is 0.0913. The molecule has 1 aliphatic heterocycles. The molecule has 0 aliphatic carbocycles. The van der Waals surface area contributed by atoms with Gasteiger partial charge in [0.1, 0.15) is 5.82 Å². The monoisotopic (exact) mass is 250 g/mol. The molecule has 3 nitrogen and oxygen atoms in total. The van der Waals surface area contributed by atoms with E-state index in [1.807, 2.05) is 6.92 Å². The molecule has 2 unspecified atom stereocenters. The molecule has 0 bridgehead atoms. The summed E-state index contributed by atoms with van der Waals surface area (Å²) in [7, 11) is 0. The smallest absolute Gasteiger partial charge is 0.254 e. The highest BCUT2D eigenvalue weighted by Crippen LogP contribution is 2.12. The molecule has 0 spiro atoms. The van der Waals surface area contributed by atoms with Gasteiger partial charge in [-0.1, -0.05) is 11.6 Å². The van der Waals surface area contributed by atoms with Crippen LogP contribution in [0.25, 0.3) is 0 Å². The van der Waals surface area contributed by atoms with Crippen molar-refractivity contribution in [1.29, 1.82) is 0 Å². The topological polar surface area (TPSA) is 41.1 Å². The van der Waals surface area contributed by atoms with Gasteiger partial charge in [0.05, 0.1) is 5.56 Å². The number of halogens is 1. The molecular formula is C14H19FN2O. The number of carbonyl (C=O) groups excluding carboxylic acids is 1. The molecule has 2 atom stereocenters. The number of piperidine rings is 1. The Kier molecular flexibility index (Phi) is 3.97. The number of aryl methyl sites for hydroxylation is 1. The van der Waals surface area contributed by atoms with Crippen molar-refractivity contribution < 1.29 is 9.18 Å². The minimum Gasteiger partial charge on any atom is -0.348 e. The average Bonchev–Trinajstić information content (AvgIpc) is 2.35. The van der Waals surface area contributed by atoms with Crippen LogP contribution in [-0.2, 0) is 0 Å². The summed E-state index contributed by atoms with van der Waals surface area (Å²) >= 11 is 0. The Labute approximate surface area is 107 Å². The van der Waals surface area contributed by atoms with E-state index >= 15 is 0 Å². The number of hydrogen-bond acceptors (Lipinski definition) is 2. The maximum atomic E-state index is 13.6. The summed E-state index contributed by atoms with van der Waals surface area (Å²) in [4.78, 5) is 12.0. The van der Waals surface area contributed by atoms with Gasteiger partial charge < -0.3 is 10.6 Å². The molecule has 2 rings (SSSR count). The van der Waals surface area contributed by atoms with Crippen molar-refractivity contribution in [3.8, 4) is 0 Å². The second-order valence-electron chi connectivity index (χ2n) is 5.04. The Hall–Kier alpha value is -1.42. The minimum atomic E-state index is -0.463. The van der Waals surface area contributed by atoms with Crippen LogP contribution in [0.3, 0.4) is 0 Å². The Morgan fingerprint density at radius 2 is 2.22 bits per heavy atom. The van der Waals surface area contributed by atoms with E-state index in [1.54, 1.807) is 12.1 Å². The molecule has 1 aromatic rings. The van der Waals surface area contributed by atoms with Crippen LogP contribution in [0.5, 0.6) is 0 Å². The third kappa shape index (κ3) is 3.07. The first-order chi connectivity index (χ1) is 8.56. The first kappa shape index (κ1) is 13.0. The standard InChI is InChI=1S/C14H19FN2O/c1-9-3-6-13(15)12(7-9)14(18)17-11-5-4-10(2)16-8-11/h3,6-7,10-11,16H,4-5,8H2,1-2H3,(H,17,18). The largest absolute Gasteiger partial charge is 0.348 e. The molecule has 1 aliphatic rings. The zero-order valence-corrected chi connectivity index (χ0v) is 10.8. The normalized spacial score (nSPS) is 23.7. The summed E-state index contributed by atoms with van der Waals surface area (Å²) < 4.78 is 13.6. The predicted octanol–water partition coefficient (Wildman–Crippen LogP) is 2.00. The van der Waals surface area contributed by atoms with Crippen LogP contribution in [0.4, 0.5) is 4.39 Å². The summed E-state index contributed by atoms with van der Waals surface area (Å²) in [5, 5.41) is 6.19. The van der Waals surface area contributed by atoms with Gasteiger partial charge in [0, 0.05) is 18.6 Å². The quantitative estimate of drug-likeness (QED) is 0.843. The van der Waals surface area contributed by atoms with E-state index in [0.717, 1.165) is 24.9 Å². The van der Waals surface area contributed by atoms with Crippen molar-refractivity contribution in [3.63, 3.8) is 0 Å². The van der Waals surface area contributed by atoms with E-state index in [0.29, 0.717) is 6.04 Å². The van der Waals surface area contributed by atoms with Crippen LogP contribution in [0, 0.1) is 12.7 Å². The van der Waals surface area contributed by atoms with Crippen molar-refractivity contribution >= 4 is 5.91 Å². The van der Waals surface area contributed by atoms with E-state index < -0.39 is 5.82 Å². The average molecular weight is 250 g/mol. The molecule has 1 heterocycles. The molecule has 0 aromatic heterocycles. The zero-order valence-electron chi connectivity index (χ0n) is 10.8. The Balaban J connectivity index is 2.01. The summed E-state index contributed by atoms with van der Waals surface area (Å²) in [6, 6.07) is 5.17. The molecule has 1 saturated heterocycles. The third-order valence-corrected chi connectivity index (χ3v) is 3.36. The number of hydrogen-bond donors (Lipinski definition) is 2. The lowest BCUT2D eigenvalue weighted by atomic mass is 10.0. The van der Waals surface area contributed by atoms with Crippen molar-refractivity contribution in [2.75, 3.05) is 6.54 Å². The van der Waals surface area contributed by atoms with Crippen LogP contribution in [0.15, 0.2) is 18.2 Å². The van der Waals surface area contributed by atoms with Gasteiger partial charge >= 0.3 is 0 Å². The van der Waals surface area contributed by atoms with Crippen molar-refractivity contribution in [2.24, 2.45) is 0 Å². The molecule has 18 heavy (non-hydrogen) atoms. The fourth-order valence-corrected chi connectivity index (χ4v) is 2.20. The molecule has 2 N–H and O–H groups in total. The fraction of sp³-hybridized carbons (Fsp3) is 0.500. The molecular weight excluding hydrogens is 231 g/mol. The summed E-state index contributed by atoms with van der Waals surface area (Å²) in [5.41, 5.74) is 1.02. The number of carbonyl (C=O) groups is 1. The molecule has 98 valence electrons. The van der Waals surface area contributed by atoms with Crippen LogP contribution < -0.4 is 10.6 Å². The summed E-state index contributed by atoms with van der Waals surface area (Å²) in [6.07, 6.45) is 1.97. The van der Waals surface area contributed by atoms with Gasteiger partial charge in [0.25, 0.3) is 5.91 Å². The number of benzene rings is 1. The van der Waals surface area contributed by atoms with Gasteiger partial charge in [-0.05, 0) is 38.8 Å². The Bertz CT molecular complexity index is 439. The summed E-state index contributed by atoms with van der Waals surface area (Å²) in [6.45, 7) is 4.72. The molecule has 4 heteroatoms. The van der Waals surface area contributed by atoms with Gasteiger partial charge in [-0.15, -0.1) is 0 Å². The number of rotatable bonds is 2. The molecule has 0 radical (unpaired) electrons. The fourth-order valence-electron chi connectivity index (χ4n) is 2.20. The van der Waals surface area contributed by atoms with Gasteiger partial charge in [-0.25, -0.2) is 4.39 Å². The molecule has 1 amide bonds. The predicted molar refractivity (Wildman–Crippen MR) is 69.1 cm³/mol. The van der Waals surface area contributed by atoms with Gasteiger partial charge in [0.15, 0.2) is 0 Å². The highest BCUT2D eigenvalue weighted by molar-refractivity contribution is 5.94. The highest BCUT2D eigenvalue weighted by Gasteiger charge is 2.21. The number of nitrogens with one attached hydrogen (secondary N) is 2. The van der Waals surface area contributed by atoms with Crippen LogP contribution >= 0.6 is 0 Å². The lowest BCUT2D eigenvalue weighted by Crippen LogP contribution is -2.48. The van der Waals surface area contributed by atoms with Crippen LogP contribution in [0.2, 0.25) is 0 Å². The lowest BCUT2D eigenvalue weighted by Gasteiger charge is -2.28. The maximum absolute atomic E-state index is 13.6. The van der Waals surface area contributed by atoms with E-state index in [2.05, 4.69) is 17.6 Å². The van der Waals surface area contributed by atoms with E-state index in [4.69, 9.17) is 0 Å². The zero-order chi connectivity index (χ0) is 13.1. The molecule has 1 fully saturated rings. The number of amides is 1. The van der Waals surface area contributed by atoms with E-state index in [9.17, 15) is 9.18 Å². The van der Waals surface area contributed by atoms with E-state index in [-0.39, 0.29) is 17.5 Å². The maximum Gasteiger partial charge on any atom is 0.254 e. The first-order valence-corrected chi connectivity index (χ1v) is 6.36. The van der Waals surface area contributed by atoms with Gasteiger partial charge in [0.2, 0.25) is 0 Å². The van der Waals surface area contributed by atoms with E-state index in [1.165, 1.54) is 6.07 Å². The van der Waals surface area contributed by atoms with Gasteiger partial charge in [-0.3, -0.25) is 4.79 Å².